The highest BCUT2D eigenvalue weighted by Crippen LogP contribution is 2.11. The van der Waals surface area contributed by atoms with Gasteiger partial charge in [0.05, 0.1) is 12.7 Å². The van der Waals surface area contributed by atoms with E-state index >= 15 is 0 Å². The molecule has 1 N–H and O–H groups in total. The van der Waals surface area contributed by atoms with Crippen molar-refractivity contribution < 1.29 is 9.53 Å². The van der Waals surface area contributed by atoms with Gasteiger partial charge in [0.25, 0.3) is 0 Å². The third kappa shape index (κ3) is 2.22. The molecule has 4 nitrogen and oxygen atoms in total. The van der Waals surface area contributed by atoms with Crippen molar-refractivity contribution in [1.82, 2.24) is 4.98 Å². The third-order valence-corrected chi connectivity index (χ3v) is 1.92. The van der Waals surface area contributed by atoms with Gasteiger partial charge in [-0.3, -0.25) is 0 Å². The van der Waals surface area contributed by atoms with Gasteiger partial charge in [-0.25, -0.2) is 9.78 Å². The molecule has 76 valence electrons. The summed E-state index contributed by atoms with van der Waals surface area (Å²) in [7, 11) is 3.14. The van der Waals surface area contributed by atoms with E-state index in [1.54, 1.807) is 19.2 Å². The Bertz CT molecular complexity index is 315. The highest BCUT2D eigenvalue weighted by atomic mass is 16.5. The average molecular weight is 194 g/mol. The van der Waals surface area contributed by atoms with Crippen molar-refractivity contribution in [2.45, 2.75) is 13.3 Å². The zero-order valence-corrected chi connectivity index (χ0v) is 8.63. The molecule has 0 bridgehead atoms. The maximum atomic E-state index is 11.3. The highest BCUT2D eigenvalue weighted by Gasteiger charge is 2.08. The van der Waals surface area contributed by atoms with E-state index in [9.17, 15) is 4.79 Å². The first-order valence-electron chi connectivity index (χ1n) is 4.48. The molecule has 1 rings (SSSR count). The number of esters is 1. The molecule has 0 aliphatic carbocycles. The van der Waals surface area contributed by atoms with E-state index in [2.05, 4.69) is 15.0 Å². The Morgan fingerprint density at radius 2 is 2.29 bits per heavy atom. The maximum absolute atomic E-state index is 11.3. The molecule has 0 aliphatic rings. The van der Waals surface area contributed by atoms with Crippen LogP contribution in [0, 0.1) is 0 Å². The Morgan fingerprint density at radius 3 is 2.79 bits per heavy atom. The van der Waals surface area contributed by atoms with Crippen LogP contribution in [0.2, 0.25) is 0 Å². The summed E-state index contributed by atoms with van der Waals surface area (Å²) in [6.07, 6.45) is 0.791. The normalized spacial score (nSPS) is 9.64. The predicted molar refractivity (Wildman–Crippen MR) is 54.5 cm³/mol. The first-order valence-corrected chi connectivity index (χ1v) is 4.48. The summed E-state index contributed by atoms with van der Waals surface area (Å²) in [5.41, 5.74) is 1.40. The van der Waals surface area contributed by atoms with Crippen LogP contribution in [0.15, 0.2) is 12.1 Å². The van der Waals surface area contributed by atoms with Gasteiger partial charge in [-0.1, -0.05) is 6.92 Å². The number of anilines is 1. The number of nitrogens with one attached hydrogen (secondary N) is 1. The standard InChI is InChI=1S/C10H14N2O2/c1-4-8-5-7(10(13)14-3)6-9(11-2)12-8/h5-6H,4H2,1-3H3,(H,11,12). The van der Waals surface area contributed by atoms with Gasteiger partial charge < -0.3 is 10.1 Å². The van der Waals surface area contributed by atoms with E-state index in [4.69, 9.17) is 0 Å². The Hall–Kier alpha value is -1.58. The second kappa shape index (κ2) is 4.60. The number of carbonyl (C=O) groups excluding carboxylic acids is 1. The SMILES string of the molecule is CCc1cc(C(=O)OC)cc(NC)n1. The molecule has 0 radical (unpaired) electrons. The first kappa shape index (κ1) is 10.5. The fraction of sp³-hybridized carbons (Fsp3) is 0.400. The van der Waals surface area contributed by atoms with E-state index in [0.717, 1.165) is 12.1 Å². The number of rotatable bonds is 3. The summed E-state index contributed by atoms with van der Waals surface area (Å²) < 4.78 is 4.64. The van der Waals surface area contributed by atoms with Crippen LogP contribution in [0.4, 0.5) is 5.82 Å². The quantitative estimate of drug-likeness (QED) is 0.740. The largest absolute Gasteiger partial charge is 0.465 e. The minimum atomic E-state index is -0.335. The molecule has 0 saturated carbocycles. The van der Waals surface area contributed by atoms with Gasteiger partial charge in [-0.15, -0.1) is 0 Å². The number of hydrogen-bond donors (Lipinski definition) is 1. The molecule has 1 aromatic rings. The van der Waals surface area contributed by atoms with Gasteiger partial charge in [0, 0.05) is 12.7 Å². The lowest BCUT2D eigenvalue weighted by atomic mass is 10.2. The minimum Gasteiger partial charge on any atom is -0.465 e. The summed E-state index contributed by atoms with van der Waals surface area (Å²) in [4.78, 5) is 15.5. The molecule has 1 aromatic heterocycles. The Labute approximate surface area is 83.3 Å². The van der Waals surface area contributed by atoms with Crippen LogP contribution in [-0.2, 0) is 11.2 Å². The van der Waals surface area contributed by atoms with Gasteiger partial charge >= 0.3 is 5.97 Å². The van der Waals surface area contributed by atoms with Crippen LogP contribution < -0.4 is 5.32 Å². The molecule has 0 atom stereocenters. The molecule has 14 heavy (non-hydrogen) atoms. The lowest BCUT2D eigenvalue weighted by molar-refractivity contribution is 0.0600. The van der Waals surface area contributed by atoms with E-state index < -0.39 is 0 Å². The first-order chi connectivity index (χ1) is 6.71. The lowest BCUT2D eigenvalue weighted by Crippen LogP contribution is -2.05. The van der Waals surface area contributed by atoms with Crippen LogP contribution in [-0.4, -0.2) is 25.1 Å². The van der Waals surface area contributed by atoms with Crippen molar-refractivity contribution in [3.05, 3.63) is 23.4 Å². The predicted octanol–water partition coefficient (Wildman–Crippen LogP) is 1.47. The number of nitrogens with zero attached hydrogens (tertiary/aromatic N) is 1. The molecule has 0 fully saturated rings. The Morgan fingerprint density at radius 1 is 1.57 bits per heavy atom. The van der Waals surface area contributed by atoms with Crippen LogP contribution in [0.25, 0.3) is 0 Å². The van der Waals surface area contributed by atoms with Crippen molar-refractivity contribution in [3.63, 3.8) is 0 Å². The molecule has 4 heteroatoms. The van der Waals surface area contributed by atoms with Crippen LogP contribution in [0.3, 0.4) is 0 Å². The van der Waals surface area contributed by atoms with E-state index in [-0.39, 0.29) is 5.97 Å². The zero-order valence-electron chi connectivity index (χ0n) is 8.63. The Kier molecular flexibility index (Phi) is 3.45. The summed E-state index contributed by atoms with van der Waals surface area (Å²) in [6.45, 7) is 1.99. The highest BCUT2D eigenvalue weighted by molar-refractivity contribution is 5.90. The van der Waals surface area contributed by atoms with Crippen molar-refractivity contribution >= 4 is 11.8 Å². The third-order valence-electron chi connectivity index (χ3n) is 1.92. The van der Waals surface area contributed by atoms with E-state index in [0.29, 0.717) is 11.4 Å². The molecule has 0 unspecified atom stereocenters. The van der Waals surface area contributed by atoms with Gasteiger partial charge in [-0.05, 0) is 18.6 Å². The monoisotopic (exact) mass is 194 g/mol. The number of pyridine rings is 1. The smallest absolute Gasteiger partial charge is 0.338 e. The van der Waals surface area contributed by atoms with Crippen molar-refractivity contribution in [3.8, 4) is 0 Å². The second-order valence-corrected chi connectivity index (χ2v) is 2.83. The van der Waals surface area contributed by atoms with Gasteiger partial charge in [0.15, 0.2) is 0 Å². The molecule has 1 heterocycles. The van der Waals surface area contributed by atoms with Crippen LogP contribution >= 0.6 is 0 Å². The number of methoxy groups -OCH3 is 1. The Balaban J connectivity index is 3.10. The summed E-state index contributed by atoms with van der Waals surface area (Å²) in [5.74, 6) is 0.350. The molecule has 0 amide bonds. The summed E-state index contributed by atoms with van der Waals surface area (Å²) in [6, 6.07) is 3.41. The van der Waals surface area contributed by atoms with Gasteiger partial charge in [0.2, 0.25) is 0 Å². The fourth-order valence-corrected chi connectivity index (χ4v) is 1.13. The molecule has 0 aliphatic heterocycles. The second-order valence-electron chi connectivity index (χ2n) is 2.83. The molecule has 0 aromatic carbocycles. The van der Waals surface area contributed by atoms with Crippen molar-refractivity contribution in [2.24, 2.45) is 0 Å². The number of hydrogen-bond acceptors (Lipinski definition) is 4. The molecule has 0 saturated heterocycles. The van der Waals surface area contributed by atoms with Gasteiger partial charge in [0.1, 0.15) is 5.82 Å². The molecular weight excluding hydrogens is 180 g/mol. The maximum Gasteiger partial charge on any atom is 0.338 e. The zero-order chi connectivity index (χ0) is 10.6. The van der Waals surface area contributed by atoms with E-state index in [1.807, 2.05) is 6.92 Å². The molecular formula is C10H14N2O2. The minimum absolute atomic E-state index is 0.335. The number of ether oxygens (including phenoxy) is 1. The van der Waals surface area contributed by atoms with Crippen LogP contribution in [0.1, 0.15) is 23.0 Å². The topological polar surface area (TPSA) is 51.2 Å². The molecule has 0 spiro atoms. The summed E-state index contributed by atoms with van der Waals surface area (Å²) >= 11 is 0. The van der Waals surface area contributed by atoms with Crippen molar-refractivity contribution in [1.29, 1.82) is 0 Å². The van der Waals surface area contributed by atoms with E-state index in [1.165, 1.54) is 7.11 Å². The number of aromatic nitrogens is 1. The van der Waals surface area contributed by atoms with Crippen LogP contribution in [0.5, 0.6) is 0 Å². The van der Waals surface area contributed by atoms with Crippen molar-refractivity contribution in [2.75, 3.05) is 19.5 Å². The number of carbonyl (C=O) groups is 1. The number of aryl methyl sites for hydroxylation is 1. The summed E-state index contributed by atoms with van der Waals surface area (Å²) in [5, 5.41) is 2.90. The average Bonchev–Trinajstić information content (AvgIpc) is 2.27. The lowest BCUT2D eigenvalue weighted by Gasteiger charge is -2.05. The van der Waals surface area contributed by atoms with Gasteiger partial charge in [-0.2, -0.15) is 0 Å². The fourth-order valence-electron chi connectivity index (χ4n) is 1.13.